The third-order valence-corrected chi connectivity index (χ3v) is 10.3. The fourth-order valence-electron chi connectivity index (χ4n) is 7.10. The largest absolute Gasteiger partial charge is 0.472 e. The first kappa shape index (κ1) is 42.9. The van der Waals surface area contributed by atoms with Gasteiger partial charge in [-0.2, -0.15) is 18.2 Å². The van der Waals surface area contributed by atoms with E-state index < -0.39 is 88.9 Å². The van der Waals surface area contributed by atoms with Crippen LogP contribution in [-0.4, -0.2) is 103 Å². The molecule has 2 saturated carbocycles. The highest BCUT2D eigenvalue weighted by Gasteiger charge is 2.48. The Morgan fingerprint density at radius 1 is 0.930 bits per heavy atom. The van der Waals surface area contributed by atoms with Gasteiger partial charge in [-0.1, -0.05) is 53.4 Å². The van der Waals surface area contributed by atoms with Crippen molar-refractivity contribution in [3.63, 3.8) is 0 Å². The maximum atomic E-state index is 14.7. The molecule has 0 spiro atoms. The third-order valence-electron chi connectivity index (χ3n) is 10.3. The van der Waals surface area contributed by atoms with Gasteiger partial charge in [0, 0.05) is 37.1 Å². The van der Waals surface area contributed by atoms with Gasteiger partial charge in [-0.25, -0.2) is 9.97 Å². The monoisotopic (exact) mass is 801 g/mol. The topological polar surface area (TPSA) is 215 Å². The number of hydrogen-bond donors (Lipinski definition) is 4. The molecular weight excluding hydrogens is 751 g/mol. The molecule has 3 unspecified atom stereocenters. The fraction of sp³-hybridized carbons (Fsp3) is 0.632. The van der Waals surface area contributed by atoms with Crippen molar-refractivity contribution in [1.29, 1.82) is 0 Å². The Morgan fingerprint density at radius 3 is 2.26 bits per heavy atom. The number of carbonyl (C=O) groups is 6. The fourth-order valence-corrected chi connectivity index (χ4v) is 7.10. The van der Waals surface area contributed by atoms with Crippen molar-refractivity contribution in [3.8, 4) is 5.88 Å². The number of nitrogens with zero attached hydrogens (tertiary/aromatic N) is 5. The number of amides is 5. The molecule has 310 valence electrons. The standard InChI is InChI=1S/C38H50F3N9O7/c1-5-9-24(29(51)34(55)45-22-12-13-22)46-32(53)26-18-23(57-27-14-15-44-36(47-27)38(39,40)41)20-50(26)35(56)30(37(2,3)4)49-33(54)28(21-10-7-6-8-11-21)48-31(52)25-19-42-16-17-43-25/h14-17,19,21-24,26,28,30H,5-13,18,20H2,1-4H3,(H,45,55)(H,46,53)(H,48,52)(H,49,54)/t23-,24?,26+,28?,30?/m0/s1. The molecule has 1 saturated heterocycles. The molecule has 19 heteroatoms. The summed E-state index contributed by atoms with van der Waals surface area (Å²) in [5, 5.41) is 10.9. The van der Waals surface area contributed by atoms with E-state index in [-0.39, 0.29) is 37.0 Å². The number of Topliss-reactive ketones (excluding diaryl/α,β-unsaturated/α-hetero) is 1. The molecule has 0 radical (unpaired) electrons. The van der Waals surface area contributed by atoms with E-state index in [9.17, 15) is 41.9 Å². The average molecular weight is 802 g/mol. The molecule has 5 amide bonds. The Kier molecular flexibility index (Phi) is 13.8. The maximum absolute atomic E-state index is 14.7. The number of ketones is 1. The molecule has 2 aromatic heterocycles. The molecule has 5 atom stereocenters. The summed E-state index contributed by atoms with van der Waals surface area (Å²) in [4.78, 5) is 98.0. The van der Waals surface area contributed by atoms with E-state index in [1.807, 2.05) is 0 Å². The van der Waals surface area contributed by atoms with Crippen molar-refractivity contribution in [2.75, 3.05) is 6.54 Å². The van der Waals surface area contributed by atoms with E-state index >= 15 is 0 Å². The average Bonchev–Trinajstić information content (AvgIpc) is 3.90. The summed E-state index contributed by atoms with van der Waals surface area (Å²) in [6, 6.07) is -3.88. The van der Waals surface area contributed by atoms with Crippen molar-refractivity contribution in [1.82, 2.24) is 46.1 Å². The minimum Gasteiger partial charge on any atom is -0.472 e. The normalized spacial score (nSPS) is 20.4. The van der Waals surface area contributed by atoms with Gasteiger partial charge in [-0.3, -0.25) is 33.8 Å². The van der Waals surface area contributed by atoms with E-state index in [1.165, 1.54) is 18.6 Å². The van der Waals surface area contributed by atoms with Crippen LogP contribution in [0.2, 0.25) is 0 Å². The summed E-state index contributed by atoms with van der Waals surface area (Å²) < 4.78 is 46.1. The van der Waals surface area contributed by atoms with E-state index in [0.29, 0.717) is 19.3 Å². The lowest BCUT2D eigenvalue weighted by Gasteiger charge is -2.37. The predicted octanol–water partition coefficient (Wildman–Crippen LogP) is 2.68. The predicted molar refractivity (Wildman–Crippen MR) is 196 cm³/mol. The second-order valence-corrected chi connectivity index (χ2v) is 15.9. The van der Waals surface area contributed by atoms with Gasteiger partial charge in [0.15, 0.2) is 0 Å². The van der Waals surface area contributed by atoms with Gasteiger partial charge in [0.05, 0.1) is 18.8 Å². The zero-order valence-electron chi connectivity index (χ0n) is 32.4. The Labute approximate surface area is 328 Å². The number of likely N-dealkylation sites (tertiary alicyclic amines) is 1. The number of carbonyl (C=O) groups excluding carboxylic acids is 6. The SMILES string of the molecule is CCCC(NC(=O)[C@H]1C[C@H](Oc2ccnc(C(F)(F)F)n2)CN1C(=O)C(NC(=O)C(NC(=O)c1cnccn1)C1CCCCC1)C(C)(C)C)C(=O)C(=O)NC1CC1. The van der Waals surface area contributed by atoms with Crippen LogP contribution in [0.3, 0.4) is 0 Å². The van der Waals surface area contributed by atoms with Crippen molar-refractivity contribution >= 4 is 35.3 Å². The highest BCUT2D eigenvalue weighted by molar-refractivity contribution is 6.38. The van der Waals surface area contributed by atoms with Gasteiger partial charge < -0.3 is 30.9 Å². The molecule has 3 aliphatic rings. The van der Waals surface area contributed by atoms with Crippen molar-refractivity contribution < 1.29 is 46.7 Å². The molecule has 3 fully saturated rings. The van der Waals surface area contributed by atoms with Crippen LogP contribution in [0.15, 0.2) is 30.9 Å². The molecule has 2 aromatic rings. The first-order valence-corrected chi connectivity index (χ1v) is 19.4. The third kappa shape index (κ3) is 11.4. The summed E-state index contributed by atoms with van der Waals surface area (Å²) in [6.07, 6.45) is 4.71. The maximum Gasteiger partial charge on any atom is 0.451 e. The number of aromatic nitrogens is 4. The molecule has 57 heavy (non-hydrogen) atoms. The second-order valence-electron chi connectivity index (χ2n) is 15.9. The van der Waals surface area contributed by atoms with Gasteiger partial charge in [0.2, 0.25) is 35.2 Å². The van der Waals surface area contributed by atoms with E-state index in [1.54, 1.807) is 27.7 Å². The lowest BCUT2D eigenvalue weighted by Crippen LogP contribution is -2.62. The van der Waals surface area contributed by atoms with Crippen LogP contribution in [0.4, 0.5) is 13.2 Å². The first-order valence-electron chi connectivity index (χ1n) is 19.4. The first-order chi connectivity index (χ1) is 27.0. The highest BCUT2D eigenvalue weighted by Crippen LogP contribution is 2.32. The summed E-state index contributed by atoms with van der Waals surface area (Å²) in [5.74, 6) is -6.59. The molecule has 2 aliphatic carbocycles. The zero-order chi connectivity index (χ0) is 41.5. The zero-order valence-corrected chi connectivity index (χ0v) is 32.4. The van der Waals surface area contributed by atoms with Crippen LogP contribution in [0.25, 0.3) is 0 Å². The number of hydrogen-bond acceptors (Lipinski definition) is 11. The van der Waals surface area contributed by atoms with Gasteiger partial charge in [0.25, 0.3) is 11.8 Å². The lowest BCUT2D eigenvalue weighted by molar-refractivity contribution is -0.145. The Bertz CT molecular complexity index is 1780. The Morgan fingerprint density at radius 2 is 1.65 bits per heavy atom. The minimum atomic E-state index is -4.87. The number of rotatable bonds is 15. The molecule has 1 aliphatic heterocycles. The smallest absolute Gasteiger partial charge is 0.451 e. The molecular formula is C38H50F3N9O7. The molecule has 16 nitrogen and oxygen atoms in total. The number of nitrogens with one attached hydrogen (secondary N) is 4. The highest BCUT2D eigenvalue weighted by atomic mass is 19.4. The van der Waals surface area contributed by atoms with Crippen LogP contribution < -0.4 is 26.0 Å². The summed E-state index contributed by atoms with van der Waals surface area (Å²) in [6.45, 7) is 6.57. The Hall–Kier alpha value is -5.23. The minimum absolute atomic E-state index is 0.00226. The van der Waals surface area contributed by atoms with Gasteiger partial charge in [-0.05, 0) is 43.4 Å². The summed E-state index contributed by atoms with van der Waals surface area (Å²) >= 11 is 0. The van der Waals surface area contributed by atoms with Gasteiger partial charge in [-0.15, -0.1) is 0 Å². The van der Waals surface area contributed by atoms with Crippen molar-refractivity contribution in [3.05, 3.63) is 42.4 Å². The van der Waals surface area contributed by atoms with Gasteiger partial charge >= 0.3 is 6.18 Å². The Balaban J connectivity index is 1.42. The van der Waals surface area contributed by atoms with Crippen LogP contribution in [0.1, 0.15) is 108 Å². The van der Waals surface area contributed by atoms with E-state index in [4.69, 9.17) is 4.74 Å². The molecule has 4 N–H and O–H groups in total. The molecule has 3 heterocycles. The summed E-state index contributed by atoms with van der Waals surface area (Å²) in [7, 11) is 0. The number of halogens is 3. The lowest BCUT2D eigenvalue weighted by atomic mass is 9.82. The van der Waals surface area contributed by atoms with Crippen molar-refractivity contribution in [2.24, 2.45) is 11.3 Å². The van der Waals surface area contributed by atoms with Crippen LogP contribution in [0, 0.1) is 11.3 Å². The number of alkyl halides is 3. The molecule has 0 bridgehead atoms. The van der Waals surface area contributed by atoms with E-state index in [2.05, 4.69) is 41.2 Å². The van der Waals surface area contributed by atoms with Crippen LogP contribution in [-0.2, 0) is 30.1 Å². The molecule has 0 aromatic carbocycles. The van der Waals surface area contributed by atoms with Crippen LogP contribution in [0.5, 0.6) is 5.88 Å². The second kappa shape index (κ2) is 18.4. The van der Waals surface area contributed by atoms with E-state index in [0.717, 1.165) is 49.3 Å². The molecule has 5 rings (SSSR count). The van der Waals surface area contributed by atoms with Crippen LogP contribution >= 0.6 is 0 Å². The quantitative estimate of drug-likeness (QED) is 0.192. The van der Waals surface area contributed by atoms with Gasteiger partial charge in [0.1, 0.15) is 29.9 Å². The van der Waals surface area contributed by atoms with Crippen molar-refractivity contribution in [2.45, 2.75) is 134 Å². The number of ether oxygens (including phenoxy) is 1. The summed E-state index contributed by atoms with van der Waals surface area (Å²) in [5.41, 5.74) is -0.975.